The van der Waals surface area contributed by atoms with E-state index in [2.05, 4.69) is 84.9 Å². The zero-order valence-corrected chi connectivity index (χ0v) is 35.3. The van der Waals surface area contributed by atoms with Crippen molar-refractivity contribution in [1.29, 1.82) is 0 Å². The molecule has 7 aromatic rings. The maximum Gasteiger partial charge on any atom is 0.187 e. The summed E-state index contributed by atoms with van der Waals surface area (Å²) in [5, 5.41) is 0. The number of carbonyl (C=O) groups excluding carboxylic acids is 4. The van der Waals surface area contributed by atoms with Gasteiger partial charge in [-0.3, -0.25) is 19.2 Å². The van der Waals surface area contributed by atoms with Crippen LogP contribution in [-0.4, -0.2) is 23.1 Å². The van der Waals surface area contributed by atoms with E-state index in [9.17, 15) is 0 Å². The molecule has 0 saturated carbocycles. The quantitative estimate of drug-likeness (QED) is 0.143. The van der Waals surface area contributed by atoms with Gasteiger partial charge in [-0.05, 0) is 89.0 Å². The summed E-state index contributed by atoms with van der Waals surface area (Å²) in [4.78, 5) is 63.3. The summed E-state index contributed by atoms with van der Waals surface area (Å²) < 4.78 is 0. The van der Waals surface area contributed by atoms with Crippen molar-refractivity contribution in [3.8, 4) is 0 Å². The van der Waals surface area contributed by atoms with Crippen LogP contribution < -0.4 is 0 Å². The van der Waals surface area contributed by atoms with Crippen molar-refractivity contribution in [3.63, 3.8) is 0 Å². The molecular weight excluding hydrogens is 809 g/mol. The lowest BCUT2D eigenvalue weighted by Crippen LogP contribution is -2.45. The van der Waals surface area contributed by atoms with Crippen molar-refractivity contribution in [2.75, 3.05) is 0 Å². The fraction of sp³-hybridized carbons (Fsp3) is 0.129. The highest BCUT2D eigenvalue weighted by Gasteiger charge is 2.60. The minimum absolute atomic E-state index is 0.0104. The lowest BCUT2D eigenvalue weighted by Gasteiger charge is -2.51. The van der Waals surface area contributed by atoms with Crippen LogP contribution in [0.5, 0.6) is 0 Å². The maximum atomic E-state index is 15.8. The van der Waals surface area contributed by atoms with Crippen LogP contribution in [0, 0.1) is 0 Å². The second-order valence-corrected chi connectivity index (χ2v) is 20.0. The fourth-order valence-electron chi connectivity index (χ4n) is 15.6. The highest BCUT2D eigenvalue weighted by molar-refractivity contribution is 6.31. The molecule has 0 N–H and O–H groups in total. The van der Waals surface area contributed by atoms with E-state index >= 15 is 19.2 Å². The van der Waals surface area contributed by atoms with Gasteiger partial charge < -0.3 is 0 Å². The van der Waals surface area contributed by atoms with Crippen molar-refractivity contribution in [1.82, 2.24) is 0 Å². The molecule has 8 bridgehead atoms. The first kappa shape index (κ1) is 34.6. The molecule has 0 fully saturated rings. The van der Waals surface area contributed by atoms with Crippen LogP contribution in [0.2, 0.25) is 0 Å². The third kappa shape index (κ3) is 3.59. The van der Waals surface area contributed by atoms with E-state index < -0.39 is 23.7 Å². The molecular formula is C62H34O4. The molecule has 2 unspecified atom stereocenters. The molecule has 4 atom stereocenters. The summed E-state index contributed by atoms with van der Waals surface area (Å²) in [6.45, 7) is 0. The molecule has 0 radical (unpaired) electrons. The summed E-state index contributed by atoms with van der Waals surface area (Å²) in [7, 11) is 0. The zero-order valence-electron chi connectivity index (χ0n) is 35.3. The highest BCUT2D eigenvalue weighted by Crippen LogP contribution is 2.68. The van der Waals surface area contributed by atoms with Crippen LogP contribution in [-0.2, 0) is 19.2 Å². The molecule has 306 valence electrons. The molecule has 21 rings (SSSR count). The molecule has 4 heteroatoms. The largest absolute Gasteiger partial charge is 0.289 e. The van der Waals surface area contributed by atoms with Gasteiger partial charge in [0.15, 0.2) is 23.1 Å². The van der Waals surface area contributed by atoms with Gasteiger partial charge in [-0.2, -0.15) is 0 Å². The predicted molar refractivity (Wildman–Crippen MR) is 248 cm³/mol. The summed E-state index contributed by atoms with van der Waals surface area (Å²) in [6.07, 6.45) is 0. The Morgan fingerprint density at radius 1 is 0.182 bits per heavy atom. The number of allylic oxidation sites excluding steroid dienone is 8. The topological polar surface area (TPSA) is 68.3 Å². The van der Waals surface area contributed by atoms with Gasteiger partial charge in [-0.25, -0.2) is 0 Å². The zero-order chi connectivity index (χ0) is 43.2. The Labute approximate surface area is 379 Å². The smallest absolute Gasteiger partial charge is 0.187 e. The van der Waals surface area contributed by atoms with Crippen molar-refractivity contribution < 1.29 is 19.2 Å². The van der Waals surface area contributed by atoms with Crippen molar-refractivity contribution >= 4 is 23.1 Å². The maximum absolute atomic E-state index is 15.8. The molecule has 0 aliphatic heterocycles. The monoisotopic (exact) mass is 842 g/mol. The molecule has 14 aliphatic rings. The second-order valence-electron chi connectivity index (χ2n) is 20.0. The Morgan fingerprint density at radius 2 is 0.303 bits per heavy atom. The lowest BCUT2D eigenvalue weighted by atomic mass is 9.49. The number of carbonyl (C=O) groups is 4. The van der Waals surface area contributed by atoms with E-state index in [0.29, 0.717) is 44.6 Å². The number of Topliss-reactive ketones (excluding diaryl/α,β-unsaturated/α-hetero) is 4. The Morgan fingerprint density at radius 3 is 0.439 bits per heavy atom. The minimum atomic E-state index is -0.456. The molecule has 7 aromatic carbocycles. The Kier molecular flexibility index (Phi) is 5.94. The van der Waals surface area contributed by atoms with Gasteiger partial charge in [0.25, 0.3) is 0 Å². The predicted octanol–water partition coefficient (Wildman–Crippen LogP) is 10.9. The fourth-order valence-corrected chi connectivity index (χ4v) is 15.6. The van der Waals surface area contributed by atoms with E-state index in [4.69, 9.17) is 0 Å². The average molecular weight is 843 g/mol. The van der Waals surface area contributed by atoms with Gasteiger partial charge >= 0.3 is 0 Å². The summed E-state index contributed by atoms with van der Waals surface area (Å²) in [5.41, 5.74) is 22.4. The van der Waals surface area contributed by atoms with Crippen LogP contribution in [0.15, 0.2) is 202 Å². The average Bonchev–Trinajstić information content (AvgIpc) is 3.38. The highest BCUT2D eigenvalue weighted by atomic mass is 16.1. The summed E-state index contributed by atoms with van der Waals surface area (Å²) in [6, 6.07) is 54.8. The normalized spacial score (nSPS) is 27.3. The Balaban J connectivity index is 0.876. The summed E-state index contributed by atoms with van der Waals surface area (Å²) >= 11 is 0. The molecule has 0 spiro atoms. The van der Waals surface area contributed by atoms with E-state index in [0.717, 1.165) is 89.0 Å². The molecule has 0 saturated heterocycles. The first-order chi connectivity index (χ1) is 32.5. The van der Waals surface area contributed by atoms with E-state index in [-0.39, 0.29) is 46.8 Å². The van der Waals surface area contributed by atoms with Crippen LogP contribution >= 0.6 is 0 Å². The molecule has 14 aliphatic carbocycles. The lowest BCUT2D eigenvalue weighted by molar-refractivity contribution is -0.117. The molecule has 0 aromatic heterocycles. The van der Waals surface area contributed by atoms with Crippen LogP contribution in [0.3, 0.4) is 0 Å². The number of benzene rings is 7. The van der Waals surface area contributed by atoms with Gasteiger partial charge in [-0.1, -0.05) is 158 Å². The van der Waals surface area contributed by atoms with Crippen LogP contribution in [0.25, 0.3) is 0 Å². The van der Waals surface area contributed by atoms with E-state index in [1.165, 1.54) is 0 Å². The number of ketones is 4. The first-order valence-corrected chi connectivity index (χ1v) is 23.4. The second kappa shape index (κ2) is 11.3. The standard InChI is InChI=1S/C62H34O4/c63-59-51-43-27-13-1-2-14-28(27)44(30-16-4-3-15-29(30)43)52(51)60(64)56-48-36-22-10-9-21-35(36)47(55(56)59)39-25-41-42(26-40(39)48)50-38-24-12-11-23-37(38)49(41)57-58(50)62(66)54-46-33-19-7-5-17-31(33)45(53(54)61(57)65)32-18-6-8-20-34(32)46/h1-26,43-50H/t43?,44?,45?,46?,47-,48?,49+,50?. The van der Waals surface area contributed by atoms with Gasteiger partial charge in [0, 0.05) is 91.9 Å². The molecule has 0 amide bonds. The third-order valence-corrected chi connectivity index (χ3v) is 17.7. The van der Waals surface area contributed by atoms with E-state index in [1.807, 2.05) is 72.8 Å². The third-order valence-electron chi connectivity index (χ3n) is 17.7. The summed E-state index contributed by atoms with van der Waals surface area (Å²) in [5.74, 6) is -3.14. The number of hydrogen-bond acceptors (Lipinski definition) is 4. The Hall–Kier alpha value is -7.82. The van der Waals surface area contributed by atoms with Crippen molar-refractivity contribution in [2.45, 2.75) is 47.3 Å². The number of hydrogen-bond donors (Lipinski definition) is 0. The van der Waals surface area contributed by atoms with Gasteiger partial charge in [-0.15, -0.1) is 0 Å². The van der Waals surface area contributed by atoms with Gasteiger partial charge in [0.05, 0.1) is 0 Å². The van der Waals surface area contributed by atoms with Gasteiger partial charge in [0.1, 0.15) is 0 Å². The SMILES string of the molecule is O=C1C2=C(C(=O)C3=C1C1c4ccccc4[C@@H]3c3cc4c(cc31)C1C3=C(C(=O)C5=C(C3=O)C3c6ccccc6C5c5ccccc53)[C@H]4c3ccccc31)C1c3ccccc3C2c2ccccc21. The molecule has 66 heavy (non-hydrogen) atoms. The number of rotatable bonds is 0. The van der Waals surface area contributed by atoms with Crippen molar-refractivity contribution in [3.05, 3.63) is 291 Å². The van der Waals surface area contributed by atoms with Crippen LogP contribution in [0.4, 0.5) is 0 Å². The van der Waals surface area contributed by atoms with Crippen LogP contribution in [0.1, 0.15) is 136 Å². The Bertz CT molecular complexity index is 3260. The van der Waals surface area contributed by atoms with Gasteiger partial charge in [0.2, 0.25) is 0 Å². The molecule has 0 heterocycles. The van der Waals surface area contributed by atoms with E-state index in [1.54, 1.807) is 0 Å². The first-order valence-electron chi connectivity index (χ1n) is 23.4. The van der Waals surface area contributed by atoms with Crippen molar-refractivity contribution in [2.24, 2.45) is 0 Å². The molecule has 4 nitrogen and oxygen atoms in total. The minimum Gasteiger partial charge on any atom is -0.289 e.